The molecule has 0 fully saturated rings. The summed E-state index contributed by atoms with van der Waals surface area (Å²) >= 11 is 0. The van der Waals surface area contributed by atoms with Gasteiger partial charge in [-0.15, -0.1) is 6.58 Å². The first-order chi connectivity index (χ1) is 10.3. The van der Waals surface area contributed by atoms with Gasteiger partial charge in [-0.05, 0) is 40.5 Å². The molecule has 2 N–H and O–H groups in total. The first kappa shape index (κ1) is 20.3. The standard InChI is InChI=1S/C16H32N4O2/c1-7-9-10-13-20(6)14(17-8-2)18-11-12-19-15(21)22-16(3,4)5/h7H,1,8-13H2,2-6H3,(H,17,18)(H,19,21). The first-order valence-electron chi connectivity index (χ1n) is 7.87. The molecule has 1 amide bonds. The second-order valence-corrected chi connectivity index (χ2v) is 6.02. The van der Waals surface area contributed by atoms with E-state index in [1.165, 1.54) is 0 Å². The van der Waals surface area contributed by atoms with Gasteiger partial charge in [-0.1, -0.05) is 6.08 Å². The number of ether oxygens (including phenoxy) is 1. The Morgan fingerprint density at radius 3 is 2.59 bits per heavy atom. The van der Waals surface area contributed by atoms with E-state index in [0.29, 0.717) is 13.1 Å². The number of carbonyl (C=O) groups is 1. The summed E-state index contributed by atoms with van der Waals surface area (Å²) in [5.41, 5.74) is -0.479. The number of hydrogen-bond donors (Lipinski definition) is 2. The molecule has 0 aromatic carbocycles. The second kappa shape index (κ2) is 10.9. The van der Waals surface area contributed by atoms with Gasteiger partial charge in [-0.25, -0.2) is 4.79 Å². The van der Waals surface area contributed by atoms with Crippen molar-refractivity contribution in [3.8, 4) is 0 Å². The number of nitrogens with one attached hydrogen (secondary N) is 2. The lowest BCUT2D eigenvalue weighted by Crippen LogP contribution is -2.40. The van der Waals surface area contributed by atoms with Gasteiger partial charge in [0.15, 0.2) is 5.96 Å². The maximum atomic E-state index is 11.5. The molecule has 0 saturated carbocycles. The van der Waals surface area contributed by atoms with E-state index >= 15 is 0 Å². The van der Waals surface area contributed by atoms with E-state index in [1.54, 1.807) is 0 Å². The Morgan fingerprint density at radius 1 is 1.36 bits per heavy atom. The minimum absolute atomic E-state index is 0.410. The van der Waals surface area contributed by atoms with E-state index < -0.39 is 11.7 Å². The molecule has 0 aliphatic rings. The molecule has 0 spiro atoms. The van der Waals surface area contributed by atoms with Crippen LogP contribution >= 0.6 is 0 Å². The average Bonchev–Trinajstić information content (AvgIpc) is 2.40. The highest BCUT2D eigenvalue weighted by Gasteiger charge is 2.15. The van der Waals surface area contributed by atoms with E-state index in [4.69, 9.17) is 4.74 Å². The fourth-order valence-corrected chi connectivity index (χ4v) is 1.68. The molecule has 0 unspecified atom stereocenters. The molecule has 0 saturated heterocycles. The van der Waals surface area contributed by atoms with Gasteiger partial charge >= 0.3 is 6.09 Å². The van der Waals surface area contributed by atoms with Crippen molar-refractivity contribution >= 4 is 12.1 Å². The monoisotopic (exact) mass is 312 g/mol. The molecule has 0 rings (SSSR count). The number of carbonyl (C=O) groups excluding carboxylic acids is 1. The minimum atomic E-state index is -0.479. The third-order valence-corrected chi connectivity index (χ3v) is 2.64. The van der Waals surface area contributed by atoms with Crippen LogP contribution in [-0.2, 0) is 4.74 Å². The number of hydrogen-bond acceptors (Lipinski definition) is 3. The number of allylic oxidation sites excluding steroid dienone is 1. The average molecular weight is 312 g/mol. The molecular weight excluding hydrogens is 280 g/mol. The van der Waals surface area contributed by atoms with E-state index in [2.05, 4.69) is 27.1 Å². The molecule has 6 nitrogen and oxygen atoms in total. The molecule has 0 bridgehead atoms. The summed E-state index contributed by atoms with van der Waals surface area (Å²) in [7, 11) is 2.01. The summed E-state index contributed by atoms with van der Waals surface area (Å²) in [4.78, 5) is 18.1. The lowest BCUT2D eigenvalue weighted by Gasteiger charge is -2.22. The molecule has 0 aliphatic carbocycles. The van der Waals surface area contributed by atoms with Crippen molar-refractivity contribution in [2.45, 2.75) is 46.1 Å². The van der Waals surface area contributed by atoms with Crippen LogP contribution in [0.2, 0.25) is 0 Å². The van der Waals surface area contributed by atoms with Crippen molar-refractivity contribution < 1.29 is 9.53 Å². The number of rotatable bonds is 8. The Labute approximate surface area is 135 Å². The van der Waals surface area contributed by atoms with E-state index in [0.717, 1.165) is 31.9 Å². The Morgan fingerprint density at radius 2 is 2.05 bits per heavy atom. The predicted molar refractivity (Wildman–Crippen MR) is 92.3 cm³/mol. The molecule has 128 valence electrons. The summed E-state index contributed by atoms with van der Waals surface area (Å²) in [6.45, 7) is 14.0. The smallest absolute Gasteiger partial charge is 0.407 e. The van der Waals surface area contributed by atoms with Gasteiger partial charge in [0.1, 0.15) is 5.60 Å². The lowest BCUT2D eigenvalue weighted by molar-refractivity contribution is 0.0529. The van der Waals surface area contributed by atoms with Gasteiger partial charge in [0.25, 0.3) is 0 Å². The van der Waals surface area contributed by atoms with Gasteiger partial charge in [-0.2, -0.15) is 0 Å². The predicted octanol–water partition coefficient (Wildman–Crippen LogP) is 2.37. The number of guanidine groups is 1. The molecule has 0 aliphatic heterocycles. The van der Waals surface area contributed by atoms with Crippen LogP contribution in [0.3, 0.4) is 0 Å². The third kappa shape index (κ3) is 11.0. The topological polar surface area (TPSA) is 66.0 Å². The van der Waals surface area contributed by atoms with Crippen LogP contribution in [0.4, 0.5) is 4.79 Å². The Bertz CT molecular complexity index is 362. The third-order valence-electron chi connectivity index (χ3n) is 2.64. The normalized spacial score (nSPS) is 11.8. The molecule has 6 heteroatoms. The number of amides is 1. The summed E-state index contributed by atoms with van der Waals surface area (Å²) in [5.74, 6) is 0.845. The largest absolute Gasteiger partial charge is 0.444 e. The van der Waals surface area contributed by atoms with Gasteiger partial charge in [-0.3, -0.25) is 4.99 Å². The van der Waals surface area contributed by atoms with Crippen LogP contribution in [0, 0.1) is 0 Å². The summed E-state index contributed by atoms with van der Waals surface area (Å²) in [5, 5.41) is 5.94. The Kier molecular flexibility index (Phi) is 10.1. The van der Waals surface area contributed by atoms with Crippen molar-refractivity contribution in [3.05, 3.63) is 12.7 Å². The quantitative estimate of drug-likeness (QED) is 0.312. The molecule has 0 radical (unpaired) electrons. The fraction of sp³-hybridized carbons (Fsp3) is 0.750. The van der Waals surface area contributed by atoms with Gasteiger partial charge in [0, 0.05) is 26.7 Å². The van der Waals surface area contributed by atoms with Crippen LogP contribution in [-0.4, -0.2) is 55.8 Å². The second-order valence-electron chi connectivity index (χ2n) is 6.02. The van der Waals surface area contributed by atoms with Crippen LogP contribution in [0.15, 0.2) is 17.6 Å². The van der Waals surface area contributed by atoms with Crippen molar-refractivity contribution in [1.29, 1.82) is 0 Å². The van der Waals surface area contributed by atoms with E-state index in [1.807, 2.05) is 40.8 Å². The molecular formula is C16H32N4O2. The number of aliphatic imine (C=N–C) groups is 1. The minimum Gasteiger partial charge on any atom is -0.444 e. The Hall–Kier alpha value is -1.72. The zero-order chi connectivity index (χ0) is 17.0. The first-order valence-corrected chi connectivity index (χ1v) is 7.87. The van der Waals surface area contributed by atoms with Gasteiger partial charge in [0.05, 0.1) is 6.54 Å². The van der Waals surface area contributed by atoms with Crippen molar-refractivity contribution in [1.82, 2.24) is 15.5 Å². The summed E-state index contributed by atoms with van der Waals surface area (Å²) in [6, 6.07) is 0. The van der Waals surface area contributed by atoms with Crippen LogP contribution in [0.25, 0.3) is 0 Å². The summed E-state index contributed by atoms with van der Waals surface area (Å²) < 4.78 is 5.17. The van der Waals surface area contributed by atoms with Crippen LogP contribution in [0.5, 0.6) is 0 Å². The number of unbranched alkanes of at least 4 members (excludes halogenated alkanes) is 1. The molecule has 0 aromatic heterocycles. The number of nitrogens with zero attached hydrogens (tertiary/aromatic N) is 2. The van der Waals surface area contributed by atoms with Crippen molar-refractivity contribution in [3.63, 3.8) is 0 Å². The Balaban J connectivity index is 4.20. The van der Waals surface area contributed by atoms with Crippen molar-refractivity contribution in [2.24, 2.45) is 4.99 Å². The van der Waals surface area contributed by atoms with Crippen LogP contribution < -0.4 is 10.6 Å². The number of alkyl carbamates (subject to hydrolysis) is 1. The SMILES string of the molecule is C=CCCCN(C)C(=NCCNC(=O)OC(C)(C)C)NCC. The molecule has 0 aromatic rings. The zero-order valence-corrected chi connectivity index (χ0v) is 14.7. The zero-order valence-electron chi connectivity index (χ0n) is 14.7. The van der Waals surface area contributed by atoms with Crippen molar-refractivity contribution in [2.75, 3.05) is 33.2 Å². The molecule has 22 heavy (non-hydrogen) atoms. The van der Waals surface area contributed by atoms with E-state index in [9.17, 15) is 4.79 Å². The highest BCUT2D eigenvalue weighted by atomic mass is 16.6. The maximum Gasteiger partial charge on any atom is 0.407 e. The molecule has 0 atom stereocenters. The van der Waals surface area contributed by atoms with Gasteiger partial charge in [0.2, 0.25) is 0 Å². The van der Waals surface area contributed by atoms with Crippen LogP contribution in [0.1, 0.15) is 40.5 Å². The lowest BCUT2D eigenvalue weighted by atomic mass is 10.2. The maximum absolute atomic E-state index is 11.5. The van der Waals surface area contributed by atoms with E-state index in [-0.39, 0.29) is 0 Å². The summed E-state index contributed by atoms with van der Waals surface area (Å²) in [6.07, 6.45) is 3.54. The molecule has 0 heterocycles. The highest BCUT2D eigenvalue weighted by Crippen LogP contribution is 2.06. The fourth-order valence-electron chi connectivity index (χ4n) is 1.68. The highest BCUT2D eigenvalue weighted by molar-refractivity contribution is 5.79. The van der Waals surface area contributed by atoms with Gasteiger partial charge < -0.3 is 20.3 Å².